The van der Waals surface area contributed by atoms with E-state index in [4.69, 9.17) is 37.0 Å². The van der Waals surface area contributed by atoms with Crippen LogP contribution in [0.2, 0.25) is 0 Å². The molecule has 0 aliphatic rings. The van der Waals surface area contributed by atoms with Crippen LogP contribution in [-0.4, -0.2) is 96.7 Å². The van der Waals surface area contributed by atoms with Crippen molar-refractivity contribution in [2.45, 2.75) is 465 Å². The highest BCUT2D eigenvalue weighted by Gasteiger charge is 2.30. The van der Waals surface area contributed by atoms with Gasteiger partial charge in [0.2, 0.25) is 0 Å². The second kappa shape index (κ2) is 75.1. The van der Waals surface area contributed by atoms with Crippen molar-refractivity contribution < 1.29 is 80.2 Å². The molecular weight excluding hydrogens is 1350 g/mol. The maximum atomic E-state index is 13.1. The van der Waals surface area contributed by atoms with Crippen LogP contribution in [0.4, 0.5) is 0 Å². The molecule has 0 aromatic rings. The molecule has 0 saturated carbocycles. The molecular formula is C85H166O17P2. The average molecular weight is 1520 g/mol. The second-order valence-corrected chi connectivity index (χ2v) is 34.7. The van der Waals surface area contributed by atoms with Gasteiger partial charge in [0.25, 0.3) is 0 Å². The number of carbonyl (C=O) groups excluding carboxylic acids is 4. The maximum absolute atomic E-state index is 13.1. The van der Waals surface area contributed by atoms with Gasteiger partial charge >= 0.3 is 39.5 Å². The van der Waals surface area contributed by atoms with E-state index in [1.54, 1.807) is 0 Å². The largest absolute Gasteiger partial charge is 0.472 e. The number of phosphoric acid groups is 2. The van der Waals surface area contributed by atoms with Crippen LogP contribution in [0, 0.1) is 17.8 Å². The zero-order valence-electron chi connectivity index (χ0n) is 68.5. The Kier molecular flexibility index (Phi) is 73.7. The van der Waals surface area contributed by atoms with Gasteiger partial charge in [0.1, 0.15) is 19.3 Å². The van der Waals surface area contributed by atoms with E-state index in [9.17, 15) is 43.2 Å². The van der Waals surface area contributed by atoms with E-state index in [1.807, 2.05) is 0 Å². The Morgan fingerprint density at radius 3 is 0.731 bits per heavy atom. The topological polar surface area (TPSA) is 237 Å². The molecule has 0 aliphatic carbocycles. The van der Waals surface area contributed by atoms with Crippen molar-refractivity contribution in [1.29, 1.82) is 0 Å². The molecule has 6 atom stereocenters. The van der Waals surface area contributed by atoms with Gasteiger partial charge in [0, 0.05) is 25.7 Å². The molecule has 0 bridgehead atoms. The minimum absolute atomic E-state index is 0.106. The second-order valence-electron chi connectivity index (χ2n) is 31.8. The quantitative estimate of drug-likeness (QED) is 0.0222. The molecule has 0 amide bonds. The van der Waals surface area contributed by atoms with Crippen LogP contribution in [-0.2, 0) is 65.4 Å². The first kappa shape index (κ1) is 102. The van der Waals surface area contributed by atoms with Crippen LogP contribution in [0.15, 0.2) is 0 Å². The van der Waals surface area contributed by atoms with Crippen LogP contribution in [0.1, 0.15) is 447 Å². The predicted molar refractivity (Wildman–Crippen MR) is 428 cm³/mol. The third-order valence-electron chi connectivity index (χ3n) is 20.2. The third-order valence-corrected chi connectivity index (χ3v) is 22.1. The molecule has 0 aliphatic heterocycles. The first-order valence-corrected chi connectivity index (χ1v) is 46.9. The Hall–Kier alpha value is -1.94. The van der Waals surface area contributed by atoms with Gasteiger partial charge in [0.05, 0.1) is 26.4 Å². The summed E-state index contributed by atoms with van der Waals surface area (Å²) in [5.41, 5.74) is 0. The number of rotatable bonds is 83. The number of aliphatic hydroxyl groups is 1. The van der Waals surface area contributed by atoms with Crippen LogP contribution in [0.25, 0.3) is 0 Å². The van der Waals surface area contributed by atoms with Crippen molar-refractivity contribution in [2.24, 2.45) is 17.8 Å². The number of ether oxygens (including phenoxy) is 4. The van der Waals surface area contributed by atoms with E-state index in [-0.39, 0.29) is 25.7 Å². The molecule has 0 spiro atoms. The van der Waals surface area contributed by atoms with Gasteiger partial charge in [-0.2, -0.15) is 0 Å². The number of unbranched alkanes of at least 4 members (excludes halogenated alkanes) is 50. The summed E-state index contributed by atoms with van der Waals surface area (Å²) in [6, 6.07) is 0. The lowest BCUT2D eigenvalue weighted by molar-refractivity contribution is -0.161. The lowest BCUT2D eigenvalue weighted by Gasteiger charge is -2.21. The highest BCUT2D eigenvalue weighted by atomic mass is 31.2. The molecule has 17 nitrogen and oxygen atoms in total. The fourth-order valence-corrected chi connectivity index (χ4v) is 14.7. The minimum Gasteiger partial charge on any atom is -0.462 e. The Morgan fingerprint density at radius 2 is 0.490 bits per heavy atom. The van der Waals surface area contributed by atoms with Crippen LogP contribution in [0.3, 0.4) is 0 Å². The molecule has 3 unspecified atom stereocenters. The van der Waals surface area contributed by atoms with E-state index in [0.717, 1.165) is 114 Å². The summed E-state index contributed by atoms with van der Waals surface area (Å²) in [6.07, 6.45) is 65.8. The number of hydrogen-bond acceptors (Lipinski definition) is 15. The lowest BCUT2D eigenvalue weighted by atomic mass is 9.99. The first-order chi connectivity index (χ1) is 50.3. The van der Waals surface area contributed by atoms with Crippen LogP contribution < -0.4 is 0 Å². The minimum atomic E-state index is -4.96. The summed E-state index contributed by atoms with van der Waals surface area (Å²) in [5.74, 6) is 0.363. The molecule has 0 rings (SSSR count). The maximum Gasteiger partial charge on any atom is 0.472 e. The number of hydrogen-bond donors (Lipinski definition) is 3. The summed E-state index contributed by atoms with van der Waals surface area (Å²) in [6.45, 7) is 12.0. The smallest absolute Gasteiger partial charge is 0.462 e. The van der Waals surface area contributed by atoms with Gasteiger partial charge in [-0.15, -0.1) is 0 Å². The van der Waals surface area contributed by atoms with Gasteiger partial charge in [-0.1, -0.05) is 395 Å². The van der Waals surface area contributed by atoms with Crippen molar-refractivity contribution in [3.8, 4) is 0 Å². The number of aliphatic hydroxyl groups excluding tert-OH is 1. The summed E-state index contributed by atoms with van der Waals surface area (Å²) in [7, 11) is -9.91. The van der Waals surface area contributed by atoms with Crippen molar-refractivity contribution in [2.75, 3.05) is 39.6 Å². The van der Waals surface area contributed by atoms with E-state index in [1.165, 1.54) is 250 Å². The molecule has 0 heterocycles. The Morgan fingerprint density at radius 1 is 0.279 bits per heavy atom. The molecule has 104 heavy (non-hydrogen) atoms. The summed E-state index contributed by atoms with van der Waals surface area (Å²) < 4.78 is 68.6. The molecule has 0 aromatic carbocycles. The van der Waals surface area contributed by atoms with E-state index in [2.05, 4.69) is 48.5 Å². The highest BCUT2D eigenvalue weighted by molar-refractivity contribution is 7.47. The van der Waals surface area contributed by atoms with Gasteiger partial charge in [0.15, 0.2) is 12.2 Å². The zero-order chi connectivity index (χ0) is 76.5. The normalized spacial score (nSPS) is 14.2. The molecule has 0 radical (unpaired) electrons. The van der Waals surface area contributed by atoms with E-state index >= 15 is 0 Å². The van der Waals surface area contributed by atoms with Crippen molar-refractivity contribution in [1.82, 2.24) is 0 Å². The SMILES string of the molecule is CCCCCCCC(=O)OC[C@H](COP(=O)(O)OC[C@H](O)COP(=O)(O)OC[C@@H](COC(=O)CCCCCCCCCCCCCCCCCCCCC(C)C)OC(=O)CCCCCCCCCCCCCCCCCCCCC(C)CC)OC(=O)CCCCCCCCCCCCCCCC(C)C. The third kappa shape index (κ3) is 76.8. The standard InChI is InChI=1S/C85H166O17P2/c1-8-10-11-49-59-66-82(87)95-72-80(101-84(89)68-62-55-48-42-36-30-24-26-32-38-44-51-57-64-77(5)6)74-99-103(91,92)97-70-79(86)71-98-104(93,94)100-75-81(73-96-83(88)67-60-53-46-40-34-28-22-18-14-12-16-20-25-31-37-43-50-56-63-76(3)4)102-85(90)69-61-54-47-41-35-29-23-19-15-13-17-21-27-33-39-45-52-58-65-78(7)9-2/h76-81,86H,8-75H2,1-7H3,(H,91,92)(H,93,94)/t78?,79-,80+,81+/m0/s1. The Bertz CT molecular complexity index is 2010. The fourth-order valence-electron chi connectivity index (χ4n) is 13.2. The van der Waals surface area contributed by atoms with Crippen molar-refractivity contribution >= 4 is 39.5 Å². The molecule has 3 N–H and O–H groups in total. The van der Waals surface area contributed by atoms with Crippen LogP contribution >= 0.6 is 15.6 Å². The summed E-state index contributed by atoms with van der Waals surface area (Å²) in [5, 5.41) is 10.6. The predicted octanol–water partition coefficient (Wildman–Crippen LogP) is 25.7. The summed E-state index contributed by atoms with van der Waals surface area (Å²) in [4.78, 5) is 72.8. The molecule has 0 fully saturated rings. The van der Waals surface area contributed by atoms with Crippen LogP contribution in [0.5, 0.6) is 0 Å². The van der Waals surface area contributed by atoms with Gasteiger partial charge in [-0.05, 0) is 43.4 Å². The Balaban J connectivity index is 5.11. The van der Waals surface area contributed by atoms with E-state index < -0.39 is 97.5 Å². The number of phosphoric ester groups is 2. The van der Waals surface area contributed by atoms with Gasteiger partial charge in [-0.3, -0.25) is 37.3 Å². The lowest BCUT2D eigenvalue weighted by Crippen LogP contribution is -2.30. The molecule has 0 saturated heterocycles. The van der Waals surface area contributed by atoms with Crippen molar-refractivity contribution in [3.05, 3.63) is 0 Å². The van der Waals surface area contributed by atoms with Gasteiger partial charge < -0.3 is 33.8 Å². The molecule has 0 aromatic heterocycles. The summed E-state index contributed by atoms with van der Waals surface area (Å²) >= 11 is 0. The Labute approximate surface area is 638 Å². The molecule has 19 heteroatoms. The van der Waals surface area contributed by atoms with E-state index in [0.29, 0.717) is 25.7 Å². The first-order valence-electron chi connectivity index (χ1n) is 43.9. The zero-order valence-corrected chi connectivity index (χ0v) is 70.3. The number of carbonyl (C=O) groups is 4. The molecule has 618 valence electrons. The fraction of sp³-hybridized carbons (Fsp3) is 0.953. The van der Waals surface area contributed by atoms with Crippen molar-refractivity contribution in [3.63, 3.8) is 0 Å². The monoisotopic (exact) mass is 1520 g/mol. The number of esters is 4. The average Bonchev–Trinajstić information content (AvgIpc) is 0.902. The highest BCUT2D eigenvalue weighted by Crippen LogP contribution is 2.45. The van der Waals surface area contributed by atoms with Gasteiger partial charge in [-0.25, -0.2) is 9.13 Å².